The zero-order valence-electron chi connectivity index (χ0n) is 15.1. The molecule has 0 atom stereocenters. The van der Waals surface area contributed by atoms with Crippen molar-refractivity contribution in [3.05, 3.63) is 71.0 Å². The maximum atomic E-state index is 5.59. The molecule has 2 aromatic carbocycles. The maximum Gasteiger partial charge on any atom is 0.244 e. The van der Waals surface area contributed by atoms with Crippen molar-refractivity contribution in [3.63, 3.8) is 0 Å². The van der Waals surface area contributed by atoms with E-state index in [0.717, 1.165) is 12.1 Å². The number of aliphatic imine (C=N–C) groups is 1. The van der Waals surface area contributed by atoms with Gasteiger partial charge in [0.15, 0.2) is 5.82 Å². The van der Waals surface area contributed by atoms with E-state index in [-0.39, 0.29) is 6.54 Å². The van der Waals surface area contributed by atoms with Crippen LogP contribution in [0.25, 0.3) is 0 Å². The fourth-order valence-corrected chi connectivity index (χ4v) is 2.68. The lowest BCUT2D eigenvalue weighted by Gasteiger charge is -2.10. The fourth-order valence-electron chi connectivity index (χ4n) is 2.68. The van der Waals surface area contributed by atoms with E-state index < -0.39 is 0 Å². The number of nitrogens with zero attached hydrogens (tertiary/aromatic N) is 5. The molecule has 0 aliphatic carbocycles. The molecule has 1 heterocycles. The molecular weight excluding hydrogens is 326 g/mol. The minimum atomic E-state index is 0.237. The summed E-state index contributed by atoms with van der Waals surface area (Å²) >= 11 is 0. The van der Waals surface area contributed by atoms with E-state index in [1.54, 1.807) is 0 Å². The minimum Gasteiger partial charge on any atom is -0.324 e. The van der Waals surface area contributed by atoms with Crippen molar-refractivity contribution < 1.29 is 0 Å². The largest absolute Gasteiger partial charge is 0.324 e. The molecule has 0 fully saturated rings. The van der Waals surface area contributed by atoms with Crippen LogP contribution in [-0.4, -0.2) is 32.7 Å². The first-order valence-electron chi connectivity index (χ1n) is 8.57. The smallest absolute Gasteiger partial charge is 0.244 e. The highest BCUT2D eigenvalue weighted by atomic mass is 15.6. The Kier molecular flexibility index (Phi) is 5.70. The van der Waals surface area contributed by atoms with E-state index in [1.807, 2.05) is 18.2 Å². The third-order valence-corrected chi connectivity index (χ3v) is 3.81. The van der Waals surface area contributed by atoms with Gasteiger partial charge in [-0.1, -0.05) is 41.2 Å². The molecular formula is C19H23N7. The molecule has 3 N–H and O–H groups in total. The quantitative estimate of drug-likeness (QED) is 0.544. The van der Waals surface area contributed by atoms with Gasteiger partial charge >= 0.3 is 0 Å². The van der Waals surface area contributed by atoms with Crippen LogP contribution in [0.1, 0.15) is 22.5 Å². The zero-order chi connectivity index (χ0) is 18.4. The summed E-state index contributed by atoms with van der Waals surface area (Å²) in [6, 6.07) is 16.5. The SMILES string of the molecule is Cc1cc(C)cc(NC(=NCCc2ccccc2)n2nnc(CN)n2)c1. The van der Waals surface area contributed by atoms with E-state index in [2.05, 4.69) is 69.9 Å². The van der Waals surface area contributed by atoms with Crippen molar-refractivity contribution in [1.82, 2.24) is 20.2 Å². The van der Waals surface area contributed by atoms with Gasteiger partial charge in [-0.15, -0.1) is 10.2 Å². The standard InChI is InChI=1S/C19H23N7/c1-14-10-15(2)12-17(11-14)22-19(26-24-18(13-20)23-25-26)21-9-8-16-6-4-3-5-7-16/h3-7,10-12H,8-9,13,20H2,1-2H3,(H,21,22). The van der Waals surface area contributed by atoms with Gasteiger partial charge in [0.1, 0.15) is 0 Å². The minimum absolute atomic E-state index is 0.237. The van der Waals surface area contributed by atoms with Crippen molar-refractivity contribution in [2.24, 2.45) is 10.7 Å². The van der Waals surface area contributed by atoms with Gasteiger partial charge in [0.2, 0.25) is 5.96 Å². The first kappa shape index (κ1) is 17.8. The van der Waals surface area contributed by atoms with Crippen molar-refractivity contribution in [2.75, 3.05) is 11.9 Å². The third kappa shape index (κ3) is 4.73. The Bertz CT molecular complexity index is 864. The van der Waals surface area contributed by atoms with Gasteiger partial charge in [0, 0.05) is 12.2 Å². The molecule has 3 aromatic rings. The molecule has 1 aromatic heterocycles. The van der Waals surface area contributed by atoms with Crippen LogP contribution in [-0.2, 0) is 13.0 Å². The van der Waals surface area contributed by atoms with E-state index in [9.17, 15) is 0 Å². The Labute approximate surface area is 153 Å². The Balaban J connectivity index is 1.82. The number of nitrogens with two attached hydrogens (primary N) is 1. The molecule has 134 valence electrons. The average Bonchev–Trinajstić information content (AvgIpc) is 3.10. The zero-order valence-corrected chi connectivity index (χ0v) is 15.1. The van der Waals surface area contributed by atoms with Crippen LogP contribution in [0.5, 0.6) is 0 Å². The van der Waals surface area contributed by atoms with Gasteiger partial charge in [0.05, 0.1) is 6.54 Å². The normalized spacial score (nSPS) is 11.6. The lowest BCUT2D eigenvalue weighted by molar-refractivity contribution is 0.748. The number of aromatic nitrogens is 4. The molecule has 26 heavy (non-hydrogen) atoms. The number of tetrazole rings is 1. The summed E-state index contributed by atoms with van der Waals surface area (Å²) in [5.74, 6) is 1.00. The van der Waals surface area contributed by atoms with Crippen molar-refractivity contribution >= 4 is 11.6 Å². The monoisotopic (exact) mass is 349 g/mol. The number of hydrogen-bond donors (Lipinski definition) is 2. The maximum absolute atomic E-state index is 5.59. The molecule has 0 aliphatic rings. The van der Waals surface area contributed by atoms with Crippen LogP contribution < -0.4 is 11.1 Å². The lowest BCUT2D eigenvalue weighted by atomic mass is 10.1. The number of rotatable bonds is 5. The van der Waals surface area contributed by atoms with E-state index in [4.69, 9.17) is 5.73 Å². The first-order valence-corrected chi connectivity index (χ1v) is 8.57. The second-order valence-corrected chi connectivity index (χ2v) is 6.14. The van der Waals surface area contributed by atoms with Crippen LogP contribution >= 0.6 is 0 Å². The second kappa shape index (κ2) is 8.35. The van der Waals surface area contributed by atoms with E-state index in [1.165, 1.54) is 21.5 Å². The molecule has 3 rings (SSSR count). The van der Waals surface area contributed by atoms with Gasteiger partial charge in [-0.05, 0) is 54.3 Å². The first-order chi connectivity index (χ1) is 12.6. The highest BCUT2D eigenvalue weighted by molar-refractivity contribution is 5.94. The molecule has 7 heteroatoms. The van der Waals surface area contributed by atoms with Crippen LogP contribution in [0, 0.1) is 13.8 Å². The molecule has 0 unspecified atom stereocenters. The Morgan fingerprint density at radius 3 is 2.50 bits per heavy atom. The summed E-state index contributed by atoms with van der Waals surface area (Å²) in [6.07, 6.45) is 0.831. The number of benzene rings is 2. The third-order valence-electron chi connectivity index (χ3n) is 3.81. The number of aryl methyl sites for hydroxylation is 2. The summed E-state index contributed by atoms with van der Waals surface area (Å²) < 4.78 is 0. The number of anilines is 1. The molecule has 0 radical (unpaired) electrons. The van der Waals surface area contributed by atoms with E-state index >= 15 is 0 Å². The Hall–Kier alpha value is -3.06. The van der Waals surface area contributed by atoms with Gasteiger partial charge in [-0.25, -0.2) is 4.99 Å². The molecule has 0 saturated heterocycles. The van der Waals surface area contributed by atoms with Gasteiger partial charge in [-0.2, -0.15) is 0 Å². The van der Waals surface area contributed by atoms with Crippen LogP contribution in [0.2, 0.25) is 0 Å². The predicted octanol–water partition coefficient (Wildman–Crippen LogP) is 2.31. The summed E-state index contributed by atoms with van der Waals surface area (Å²) in [6.45, 7) is 4.97. The molecule has 0 aliphatic heterocycles. The topological polar surface area (TPSA) is 94.0 Å². The fraction of sp³-hybridized carbons (Fsp3) is 0.263. The molecule has 0 bridgehead atoms. The molecule has 0 saturated carbocycles. The van der Waals surface area contributed by atoms with E-state index in [0.29, 0.717) is 18.3 Å². The Morgan fingerprint density at radius 2 is 1.85 bits per heavy atom. The van der Waals surface area contributed by atoms with Crippen LogP contribution in [0.3, 0.4) is 0 Å². The predicted molar refractivity (Wildman–Crippen MR) is 103 cm³/mol. The summed E-state index contributed by atoms with van der Waals surface area (Å²) in [5.41, 5.74) is 10.1. The number of nitrogens with one attached hydrogen (secondary N) is 1. The number of hydrogen-bond acceptors (Lipinski definition) is 5. The van der Waals surface area contributed by atoms with Gasteiger partial charge in [-0.3, -0.25) is 0 Å². The highest BCUT2D eigenvalue weighted by Gasteiger charge is 2.09. The summed E-state index contributed by atoms with van der Waals surface area (Å²) in [7, 11) is 0. The van der Waals surface area contributed by atoms with Crippen LogP contribution in [0.15, 0.2) is 53.5 Å². The lowest BCUT2D eigenvalue weighted by Crippen LogP contribution is -2.25. The van der Waals surface area contributed by atoms with Crippen LogP contribution in [0.4, 0.5) is 5.69 Å². The average molecular weight is 349 g/mol. The molecule has 7 nitrogen and oxygen atoms in total. The second-order valence-electron chi connectivity index (χ2n) is 6.14. The van der Waals surface area contributed by atoms with Crippen molar-refractivity contribution in [1.29, 1.82) is 0 Å². The molecule has 0 amide bonds. The van der Waals surface area contributed by atoms with Gasteiger partial charge in [0.25, 0.3) is 0 Å². The molecule has 0 spiro atoms. The summed E-state index contributed by atoms with van der Waals surface area (Å²) in [5, 5.41) is 15.6. The van der Waals surface area contributed by atoms with Crippen molar-refractivity contribution in [3.8, 4) is 0 Å². The summed E-state index contributed by atoms with van der Waals surface area (Å²) in [4.78, 5) is 6.05. The van der Waals surface area contributed by atoms with Gasteiger partial charge < -0.3 is 11.1 Å². The Morgan fingerprint density at radius 1 is 1.12 bits per heavy atom. The van der Waals surface area contributed by atoms with Crippen molar-refractivity contribution in [2.45, 2.75) is 26.8 Å². The highest BCUT2D eigenvalue weighted by Crippen LogP contribution is 2.14.